The fraction of sp³-hybridized carbons (Fsp3) is 0.200. The predicted molar refractivity (Wildman–Crippen MR) is 93.6 cm³/mol. The number of amides is 1. The van der Waals surface area contributed by atoms with Gasteiger partial charge in [-0.05, 0) is 18.2 Å². The van der Waals surface area contributed by atoms with Crippen molar-refractivity contribution in [2.24, 2.45) is 7.05 Å². The summed E-state index contributed by atoms with van der Waals surface area (Å²) in [5, 5.41) is 11.8. The fourth-order valence-electron chi connectivity index (χ4n) is 2.19. The van der Waals surface area contributed by atoms with Crippen LogP contribution in [0.15, 0.2) is 30.7 Å². The quantitative estimate of drug-likeness (QED) is 0.679. The van der Waals surface area contributed by atoms with Crippen LogP contribution in [0.2, 0.25) is 10.0 Å². The zero-order chi connectivity index (χ0) is 17.1. The summed E-state index contributed by atoms with van der Waals surface area (Å²) in [7, 11) is 1.82. The maximum absolute atomic E-state index is 12.1. The Morgan fingerprint density at radius 2 is 2.04 bits per heavy atom. The molecule has 0 bridgehead atoms. The van der Waals surface area contributed by atoms with Crippen LogP contribution in [0, 0.1) is 0 Å². The number of hydrogen-bond donors (Lipinski definition) is 2. The first-order valence-electron chi connectivity index (χ1n) is 7.16. The van der Waals surface area contributed by atoms with E-state index in [4.69, 9.17) is 23.2 Å². The van der Waals surface area contributed by atoms with Gasteiger partial charge in [-0.25, -0.2) is 9.97 Å². The molecule has 0 spiro atoms. The van der Waals surface area contributed by atoms with Crippen molar-refractivity contribution in [3.63, 3.8) is 0 Å². The maximum Gasteiger partial charge on any atom is 0.251 e. The number of hydrogen-bond acceptors (Lipinski definition) is 5. The molecule has 0 aliphatic heterocycles. The Labute approximate surface area is 148 Å². The van der Waals surface area contributed by atoms with E-state index in [1.807, 2.05) is 13.2 Å². The number of fused-ring (bicyclic) bond motifs is 1. The molecule has 0 aliphatic carbocycles. The van der Waals surface area contributed by atoms with Gasteiger partial charge in [-0.15, -0.1) is 0 Å². The third-order valence-corrected chi connectivity index (χ3v) is 4.06. The first kappa shape index (κ1) is 16.5. The van der Waals surface area contributed by atoms with E-state index in [0.717, 1.165) is 5.39 Å². The highest BCUT2D eigenvalue weighted by molar-refractivity contribution is 6.42. The second kappa shape index (κ2) is 7.02. The molecule has 124 valence electrons. The Kier molecular flexibility index (Phi) is 4.82. The normalized spacial score (nSPS) is 10.8. The average molecular weight is 365 g/mol. The van der Waals surface area contributed by atoms with E-state index in [1.165, 1.54) is 12.4 Å². The lowest BCUT2D eigenvalue weighted by atomic mass is 10.2. The summed E-state index contributed by atoms with van der Waals surface area (Å²) in [6.07, 6.45) is 3.29. The molecule has 24 heavy (non-hydrogen) atoms. The summed E-state index contributed by atoms with van der Waals surface area (Å²) >= 11 is 11.7. The van der Waals surface area contributed by atoms with Gasteiger partial charge in [-0.3, -0.25) is 9.48 Å². The first-order valence-corrected chi connectivity index (χ1v) is 7.91. The molecule has 0 atom stereocenters. The molecule has 0 fully saturated rings. The smallest absolute Gasteiger partial charge is 0.251 e. The maximum atomic E-state index is 12.1. The number of aromatic nitrogens is 4. The zero-order valence-electron chi connectivity index (χ0n) is 12.8. The largest absolute Gasteiger partial charge is 0.368 e. The second-order valence-electron chi connectivity index (χ2n) is 5.07. The van der Waals surface area contributed by atoms with Gasteiger partial charge >= 0.3 is 0 Å². The molecule has 2 N–H and O–H groups in total. The van der Waals surface area contributed by atoms with Gasteiger partial charge in [0.05, 0.1) is 15.4 Å². The van der Waals surface area contributed by atoms with Crippen molar-refractivity contribution in [2.75, 3.05) is 18.4 Å². The Morgan fingerprint density at radius 1 is 1.21 bits per heavy atom. The van der Waals surface area contributed by atoms with Gasteiger partial charge in [0.15, 0.2) is 5.65 Å². The Balaban J connectivity index is 1.56. The molecule has 0 aliphatic rings. The number of nitrogens with zero attached hydrogens (tertiary/aromatic N) is 4. The molecule has 9 heteroatoms. The van der Waals surface area contributed by atoms with Crippen LogP contribution in [-0.2, 0) is 7.05 Å². The monoisotopic (exact) mass is 364 g/mol. The Bertz CT molecular complexity index is 895. The summed E-state index contributed by atoms with van der Waals surface area (Å²) in [5.41, 5.74) is 1.08. The van der Waals surface area contributed by atoms with Crippen LogP contribution in [0.25, 0.3) is 11.0 Å². The molecule has 3 rings (SSSR count). The summed E-state index contributed by atoms with van der Waals surface area (Å²) < 4.78 is 1.68. The number of anilines is 1. The summed E-state index contributed by atoms with van der Waals surface area (Å²) in [6, 6.07) is 4.76. The third-order valence-electron chi connectivity index (χ3n) is 3.32. The van der Waals surface area contributed by atoms with Crippen molar-refractivity contribution in [2.45, 2.75) is 0 Å². The number of carbonyl (C=O) groups is 1. The van der Waals surface area contributed by atoms with Crippen LogP contribution in [0.5, 0.6) is 0 Å². The van der Waals surface area contributed by atoms with Crippen molar-refractivity contribution in [3.05, 3.63) is 46.3 Å². The van der Waals surface area contributed by atoms with Crippen LogP contribution in [0.3, 0.4) is 0 Å². The third kappa shape index (κ3) is 3.58. The van der Waals surface area contributed by atoms with E-state index < -0.39 is 0 Å². The first-order chi connectivity index (χ1) is 11.5. The average Bonchev–Trinajstić information content (AvgIpc) is 2.94. The lowest BCUT2D eigenvalue weighted by Crippen LogP contribution is -2.28. The fourth-order valence-corrected chi connectivity index (χ4v) is 2.49. The van der Waals surface area contributed by atoms with Crippen LogP contribution in [-0.4, -0.2) is 38.7 Å². The number of aryl methyl sites for hydroxylation is 1. The van der Waals surface area contributed by atoms with Crippen molar-refractivity contribution >= 4 is 46.0 Å². The number of halogens is 2. The van der Waals surface area contributed by atoms with Gasteiger partial charge < -0.3 is 10.6 Å². The molecule has 7 nitrogen and oxygen atoms in total. The number of carbonyl (C=O) groups excluding carboxylic acids is 1. The van der Waals surface area contributed by atoms with E-state index in [2.05, 4.69) is 25.7 Å². The van der Waals surface area contributed by atoms with Crippen LogP contribution < -0.4 is 10.6 Å². The summed E-state index contributed by atoms with van der Waals surface area (Å²) in [5.74, 6) is 0.460. The van der Waals surface area contributed by atoms with E-state index >= 15 is 0 Å². The Hall–Kier alpha value is -2.38. The SMILES string of the molecule is Cn1cc2c(NCCNC(=O)c3ccc(Cl)c(Cl)c3)ncnc2n1. The van der Waals surface area contributed by atoms with Crippen LogP contribution >= 0.6 is 23.2 Å². The molecule has 0 unspecified atom stereocenters. The zero-order valence-corrected chi connectivity index (χ0v) is 14.3. The minimum Gasteiger partial charge on any atom is -0.368 e. The molecular formula is C15H14Cl2N6O. The van der Waals surface area contributed by atoms with E-state index in [9.17, 15) is 4.79 Å². The summed E-state index contributed by atoms with van der Waals surface area (Å²) in [4.78, 5) is 20.3. The van der Waals surface area contributed by atoms with Crippen LogP contribution in [0.4, 0.5) is 5.82 Å². The second-order valence-corrected chi connectivity index (χ2v) is 5.89. The van der Waals surface area contributed by atoms with Crippen LogP contribution in [0.1, 0.15) is 10.4 Å². The molecule has 0 saturated heterocycles. The predicted octanol–water partition coefficient (Wildman–Crippen LogP) is 2.51. The van der Waals surface area contributed by atoms with Gasteiger partial charge in [-0.2, -0.15) is 5.10 Å². The lowest BCUT2D eigenvalue weighted by Gasteiger charge is -2.08. The van der Waals surface area contributed by atoms with Gasteiger partial charge in [0.2, 0.25) is 0 Å². The minimum atomic E-state index is -0.218. The number of nitrogens with one attached hydrogen (secondary N) is 2. The van der Waals surface area contributed by atoms with Gasteiger partial charge in [0.25, 0.3) is 5.91 Å². The molecule has 0 saturated carbocycles. The highest BCUT2D eigenvalue weighted by atomic mass is 35.5. The Morgan fingerprint density at radius 3 is 2.83 bits per heavy atom. The highest BCUT2D eigenvalue weighted by Gasteiger charge is 2.09. The molecule has 2 aromatic heterocycles. The minimum absolute atomic E-state index is 0.218. The van der Waals surface area contributed by atoms with Crippen molar-refractivity contribution in [3.8, 4) is 0 Å². The van der Waals surface area contributed by atoms with Gasteiger partial charge in [-0.1, -0.05) is 23.2 Å². The molecule has 0 radical (unpaired) electrons. The molecular weight excluding hydrogens is 351 g/mol. The standard InChI is InChI=1S/C15H14Cl2N6O/c1-23-7-10-13(20-8-21-14(10)22-23)18-4-5-19-15(24)9-2-3-11(16)12(17)6-9/h2-3,6-8H,4-5H2,1H3,(H,19,24)(H,18,20,21,22). The molecule has 1 aromatic carbocycles. The van der Waals surface area contributed by atoms with E-state index in [-0.39, 0.29) is 5.91 Å². The van der Waals surface area contributed by atoms with E-state index in [1.54, 1.807) is 16.8 Å². The van der Waals surface area contributed by atoms with E-state index in [0.29, 0.717) is 40.2 Å². The molecule has 3 aromatic rings. The molecule has 1 amide bonds. The van der Waals surface area contributed by atoms with Crippen molar-refractivity contribution in [1.29, 1.82) is 0 Å². The van der Waals surface area contributed by atoms with Crippen molar-refractivity contribution in [1.82, 2.24) is 25.1 Å². The number of benzene rings is 1. The van der Waals surface area contributed by atoms with Gasteiger partial charge in [0, 0.05) is 31.9 Å². The highest BCUT2D eigenvalue weighted by Crippen LogP contribution is 2.22. The van der Waals surface area contributed by atoms with Gasteiger partial charge in [0.1, 0.15) is 12.1 Å². The topological polar surface area (TPSA) is 84.7 Å². The number of rotatable bonds is 5. The summed E-state index contributed by atoms with van der Waals surface area (Å²) in [6.45, 7) is 0.929. The van der Waals surface area contributed by atoms with Crippen molar-refractivity contribution < 1.29 is 4.79 Å². The molecule has 2 heterocycles. The lowest BCUT2D eigenvalue weighted by molar-refractivity contribution is 0.0955.